The molecule has 0 saturated carbocycles. The summed E-state index contributed by atoms with van der Waals surface area (Å²) in [7, 11) is 0. The standard InChI is InChI=1S/C20H18N4O3/c1-14-11-17(23-20(26)22-14)19(25)24-21-12-16-9-5-6-10-18(16)27-13-15-7-3-2-4-8-15/h2-12H,13H2,1H3,(H,24,25)(H,22,23,26)/b21-12+. The number of carbonyl (C=O) groups is 1. The first-order chi connectivity index (χ1) is 13.1. The maximum atomic E-state index is 12.1. The fourth-order valence-corrected chi connectivity index (χ4v) is 2.37. The minimum absolute atomic E-state index is 0.00186. The zero-order valence-corrected chi connectivity index (χ0v) is 14.7. The summed E-state index contributed by atoms with van der Waals surface area (Å²) < 4.78 is 5.84. The number of hydrogen-bond donors (Lipinski definition) is 2. The summed E-state index contributed by atoms with van der Waals surface area (Å²) in [5.74, 6) is 0.0765. The van der Waals surface area contributed by atoms with Crippen LogP contribution in [0.3, 0.4) is 0 Å². The molecule has 0 aliphatic carbocycles. The zero-order chi connectivity index (χ0) is 19.1. The Bertz CT molecular complexity index is 1010. The van der Waals surface area contributed by atoms with Crippen LogP contribution in [0.2, 0.25) is 0 Å². The molecule has 0 aliphatic heterocycles. The van der Waals surface area contributed by atoms with Gasteiger partial charge in [0.2, 0.25) is 0 Å². The Labute approximate surface area is 155 Å². The summed E-state index contributed by atoms with van der Waals surface area (Å²) in [4.78, 5) is 29.5. The molecular weight excluding hydrogens is 344 g/mol. The van der Waals surface area contributed by atoms with Gasteiger partial charge in [-0.15, -0.1) is 0 Å². The highest BCUT2D eigenvalue weighted by Crippen LogP contribution is 2.17. The second-order valence-electron chi connectivity index (χ2n) is 5.77. The monoisotopic (exact) mass is 362 g/mol. The second-order valence-corrected chi connectivity index (χ2v) is 5.77. The largest absolute Gasteiger partial charge is 0.488 e. The Balaban J connectivity index is 1.66. The number of aromatic nitrogens is 2. The van der Waals surface area contributed by atoms with Crippen LogP contribution in [0.25, 0.3) is 0 Å². The molecule has 2 N–H and O–H groups in total. The highest BCUT2D eigenvalue weighted by atomic mass is 16.5. The molecule has 0 radical (unpaired) electrons. The Hall–Kier alpha value is -3.74. The van der Waals surface area contributed by atoms with Gasteiger partial charge in [0.05, 0.1) is 6.21 Å². The molecule has 0 atom stereocenters. The number of amides is 1. The molecule has 1 amide bonds. The van der Waals surface area contributed by atoms with Crippen LogP contribution in [0.15, 0.2) is 70.6 Å². The van der Waals surface area contributed by atoms with Crippen molar-refractivity contribution < 1.29 is 9.53 Å². The zero-order valence-electron chi connectivity index (χ0n) is 14.7. The van der Waals surface area contributed by atoms with Gasteiger partial charge in [0.25, 0.3) is 5.91 Å². The minimum atomic E-state index is -0.580. The lowest BCUT2D eigenvalue weighted by Gasteiger charge is -2.09. The van der Waals surface area contributed by atoms with Crippen molar-refractivity contribution in [1.29, 1.82) is 0 Å². The number of hydrazone groups is 1. The number of nitrogens with zero attached hydrogens (tertiary/aromatic N) is 2. The van der Waals surface area contributed by atoms with Gasteiger partial charge in [0.1, 0.15) is 18.1 Å². The molecule has 0 bridgehead atoms. The molecule has 1 aromatic heterocycles. The maximum Gasteiger partial charge on any atom is 0.345 e. The topological polar surface area (TPSA) is 96.4 Å². The van der Waals surface area contributed by atoms with Crippen LogP contribution in [0, 0.1) is 6.92 Å². The molecule has 2 aromatic carbocycles. The van der Waals surface area contributed by atoms with Gasteiger partial charge in [-0.25, -0.2) is 10.2 Å². The Kier molecular flexibility index (Phi) is 5.73. The average Bonchev–Trinajstić information content (AvgIpc) is 2.67. The molecule has 0 spiro atoms. The normalized spacial score (nSPS) is 10.7. The molecule has 0 unspecified atom stereocenters. The summed E-state index contributed by atoms with van der Waals surface area (Å²) in [5, 5.41) is 3.94. The van der Waals surface area contributed by atoms with Crippen LogP contribution in [0.4, 0.5) is 0 Å². The first-order valence-electron chi connectivity index (χ1n) is 8.29. The van der Waals surface area contributed by atoms with Crippen LogP contribution < -0.4 is 15.9 Å². The first-order valence-corrected chi connectivity index (χ1v) is 8.29. The van der Waals surface area contributed by atoms with Gasteiger partial charge in [0.15, 0.2) is 0 Å². The van der Waals surface area contributed by atoms with Crippen LogP contribution in [0.1, 0.15) is 27.3 Å². The van der Waals surface area contributed by atoms with Gasteiger partial charge < -0.3 is 9.72 Å². The fourth-order valence-electron chi connectivity index (χ4n) is 2.37. The van der Waals surface area contributed by atoms with Crippen LogP contribution >= 0.6 is 0 Å². The van der Waals surface area contributed by atoms with Gasteiger partial charge in [-0.1, -0.05) is 42.5 Å². The molecule has 0 saturated heterocycles. The van der Waals surface area contributed by atoms with E-state index in [0.717, 1.165) is 5.56 Å². The number of rotatable bonds is 6. The second kappa shape index (κ2) is 8.57. The number of benzene rings is 2. The van der Waals surface area contributed by atoms with Crippen molar-refractivity contribution in [2.45, 2.75) is 13.5 Å². The van der Waals surface area contributed by atoms with Crippen molar-refractivity contribution in [3.63, 3.8) is 0 Å². The highest BCUT2D eigenvalue weighted by Gasteiger charge is 2.08. The lowest BCUT2D eigenvalue weighted by atomic mass is 10.2. The van der Waals surface area contributed by atoms with E-state index in [-0.39, 0.29) is 5.69 Å². The van der Waals surface area contributed by atoms with Gasteiger partial charge in [-0.3, -0.25) is 4.79 Å². The summed E-state index contributed by atoms with van der Waals surface area (Å²) in [6.07, 6.45) is 1.48. The number of carbonyl (C=O) groups excluding carboxylic acids is 1. The lowest BCUT2D eigenvalue weighted by Crippen LogP contribution is -2.24. The number of ether oxygens (including phenoxy) is 1. The summed E-state index contributed by atoms with van der Waals surface area (Å²) in [6.45, 7) is 2.09. The van der Waals surface area contributed by atoms with Crippen LogP contribution in [0.5, 0.6) is 5.75 Å². The number of aryl methyl sites for hydroxylation is 1. The smallest absolute Gasteiger partial charge is 0.345 e. The molecule has 0 fully saturated rings. The van der Waals surface area contributed by atoms with Crippen molar-refractivity contribution >= 4 is 12.1 Å². The van der Waals surface area contributed by atoms with Gasteiger partial charge in [-0.05, 0) is 30.7 Å². The molecule has 1 heterocycles. The highest BCUT2D eigenvalue weighted by molar-refractivity contribution is 5.93. The van der Waals surface area contributed by atoms with E-state index in [9.17, 15) is 9.59 Å². The van der Waals surface area contributed by atoms with E-state index in [1.54, 1.807) is 6.92 Å². The molecule has 7 heteroatoms. The molecule has 7 nitrogen and oxygen atoms in total. The van der Waals surface area contributed by atoms with E-state index < -0.39 is 11.6 Å². The van der Waals surface area contributed by atoms with E-state index in [0.29, 0.717) is 23.6 Å². The third kappa shape index (κ3) is 5.12. The van der Waals surface area contributed by atoms with Crippen molar-refractivity contribution in [3.8, 4) is 5.75 Å². The van der Waals surface area contributed by atoms with Crippen molar-refractivity contribution in [3.05, 3.63) is 93.7 Å². The summed E-state index contributed by atoms with van der Waals surface area (Å²) in [5.41, 5.74) is 4.09. The van der Waals surface area contributed by atoms with Crippen molar-refractivity contribution in [1.82, 2.24) is 15.4 Å². The molecule has 3 rings (SSSR count). The summed E-state index contributed by atoms with van der Waals surface area (Å²) in [6, 6.07) is 18.6. The summed E-state index contributed by atoms with van der Waals surface area (Å²) >= 11 is 0. The predicted octanol–water partition coefficient (Wildman–Crippen LogP) is 2.42. The van der Waals surface area contributed by atoms with E-state index >= 15 is 0 Å². The maximum absolute atomic E-state index is 12.1. The molecule has 0 aliphatic rings. The molecule has 27 heavy (non-hydrogen) atoms. The van der Waals surface area contributed by atoms with Gasteiger partial charge >= 0.3 is 5.69 Å². The van der Waals surface area contributed by atoms with E-state index in [4.69, 9.17) is 4.74 Å². The average molecular weight is 362 g/mol. The van der Waals surface area contributed by atoms with E-state index in [1.165, 1.54) is 12.3 Å². The van der Waals surface area contributed by atoms with Gasteiger partial charge in [-0.2, -0.15) is 10.1 Å². The third-order valence-corrected chi connectivity index (χ3v) is 3.64. The first kappa shape index (κ1) is 18.1. The predicted molar refractivity (Wildman–Crippen MR) is 102 cm³/mol. The number of para-hydroxylation sites is 1. The molecular formula is C20H18N4O3. The Morgan fingerprint density at radius 1 is 1.19 bits per heavy atom. The van der Waals surface area contributed by atoms with Crippen molar-refractivity contribution in [2.24, 2.45) is 5.10 Å². The van der Waals surface area contributed by atoms with Gasteiger partial charge in [0, 0.05) is 11.3 Å². The van der Waals surface area contributed by atoms with Crippen LogP contribution in [-0.2, 0) is 6.61 Å². The SMILES string of the molecule is Cc1cc(C(=O)N/N=C/c2ccccc2OCc2ccccc2)nc(=O)[nH]1. The Morgan fingerprint density at radius 3 is 2.70 bits per heavy atom. The quantitative estimate of drug-likeness (QED) is 0.520. The Morgan fingerprint density at radius 2 is 1.93 bits per heavy atom. The number of hydrogen-bond acceptors (Lipinski definition) is 5. The number of H-pyrrole nitrogens is 1. The van der Waals surface area contributed by atoms with Crippen molar-refractivity contribution in [2.75, 3.05) is 0 Å². The number of aromatic amines is 1. The lowest BCUT2D eigenvalue weighted by molar-refractivity contribution is 0.0949. The van der Waals surface area contributed by atoms with E-state index in [2.05, 4.69) is 20.5 Å². The van der Waals surface area contributed by atoms with E-state index in [1.807, 2.05) is 54.6 Å². The molecule has 3 aromatic rings. The fraction of sp³-hybridized carbons (Fsp3) is 0.100. The van der Waals surface area contributed by atoms with Crippen LogP contribution in [-0.4, -0.2) is 22.1 Å². The number of nitrogens with one attached hydrogen (secondary N) is 2. The minimum Gasteiger partial charge on any atom is -0.488 e. The third-order valence-electron chi connectivity index (χ3n) is 3.64. The molecule has 136 valence electrons.